The van der Waals surface area contributed by atoms with E-state index in [0.29, 0.717) is 42.7 Å². The van der Waals surface area contributed by atoms with Crippen LogP contribution in [0.25, 0.3) is 10.8 Å². The molecule has 6 rings (SSSR count). The average Bonchev–Trinajstić information content (AvgIpc) is 4.01. The predicted molar refractivity (Wildman–Crippen MR) is 207 cm³/mol. The summed E-state index contributed by atoms with van der Waals surface area (Å²) in [5.41, 5.74) is -2.40. The molecule has 56 heavy (non-hydrogen) atoms. The number of aromatic nitrogens is 1. The molecule has 0 radical (unpaired) electrons. The summed E-state index contributed by atoms with van der Waals surface area (Å²) in [7, 11) is -0.909. The number of allylic oxidation sites excluding steroid dienone is 1. The number of nitrogens with one attached hydrogen (secondary N) is 3. The van der Waals surface area contributed by atoms with Gasteiger partial charge in [-0.15, -0.1) is 0 Å². The number of carbonyl (C=O) groups is 4. The van der Waals surface area contributed by atoms with Gasteiger partial charge in [0.15, 0.2) is 0 Å². The molecule has 4 aliphatic rings. The molecule has 306 valence electrons. The highest BCUT2D eigenvalue weighted by Gasteiger charge is 2.63. The van der Waals surface area contributed by atoms with Crippen LogP contribution in [0.3, 0.4) is 0 Å². The first kappa shape index (κ1) is 41.2. The van der Waals surface area contributed by atoms with Crippen molar-refractivity contribution in [2.75, 3.05) is 27.4 Å². The summed E-state index contributed by atoms with van der Waals surface area (Å²) in [4.78, 5) is 62.7. The molecule has 1 aromatic carbocycles. The highest BCUT2D eigenvalue weighted by Crippen LogP contribution is 2.47. The van der Waals surface area contributed by atoms with Crippen LogP contribution in [0.15, 0.2) is 42.6 Å². The zero-order valence-corrected chi connectivity index (χ0v) is 34.1. The van der Waals surface area contributed by atoms with Crippen molar-refractivity contribution in [3.05, 3.63) is 42.6 Å². The summed E-state index contributed by atoms with van der Waals surface area (Å²) in [6, 6.07) is 4.95. The number of methoxy groups -OCH3 is 2. The molecule has 3 N–H and O–H groups in total. The van der Waals surface area contributed by atoms with E-state index in [1.165, 1.54) is 12.0 Å². The number of fused-ring (bicyclic) bond motifs is 3. The van der Waals surface area contributed by atoms with Crippen LogP contribution < -0.4 is 24.8 Å². The highest BCUT2D eigenvalue weighted by molar-refractivity contribution is 7.91. The first-order valence-corrected chi connectivity index (χ1v) is 20.8. The standard InChI is InChI=1S/C40H55N5O10S/c1-24-10-8-9-11-27-21-40(27,36(48)44-56(50,51)39(5)15-16-39)43-33(46)31-20-29(54-34-30-13-12-28(53-7)19-25(30)14-17-41-34)22-45(31)35(47)32(26(18-24)23-52-6)42-37(49)55-38(2,3)4/h9,11-14,17,19,24,26-27,29,31-32H,8,10,15-16,18,20-23H2,1-7H3,(H,42,49)(H,43,46)(H,44,48)/b11-9-/t24-,26+,27-,29-,31+,32+,40-/m1/s1. The Morgan fingerprint density at radius 1 is 1.11 bits per heavy atom. The second kappa shape index (κ2) is 15.8. The lowest BCUT2D eigenvalue weighted by atomic mass is 9.87. The van der Waals surface area contributed by atoms with Crippen molar-refractivity contribution in [1.82, 2.24) is 25.2 Å². The topological polar surface area (TPSA) is 192 Å². The minimum atomic E-state index is -4.01. The number of sulfonamides is 1. The molecular weight excluding hydrogens is 743 g/mol. The summed E-state index contributed by atoms with van der Waals surface area (Å²) in [5, 5.41) is 7.22. The molecule has 15 nitrogen and oxygen atoms in total. The van der Waals surface area contributed by atoms with E-state index in [4.69, 9.17) is 18.9 Å². The number of alkyl carbamates (subject to hydrolysis) is 1. The lowest BCUT2D eigenvalue weighted by Crippen LogP contribution is -2.60. The smallest absolute Gasteiger partial charge is 0.408 e. The Hall–Kier alpha value is -4.44. The third-order valence-corrected chi connectivity index (χ3v) is 13.5. The van der Waals surface area contributed by atoms with E-state index in [9.17, 15) is 27.6 Å². The Balaban J connectivity index is 1.37. The van der Waals surface area contributed by atoms with Crippen LogP contribution in [0.5, 0.6) is 11.6 Å². The summed E-state index contributed by atoms with van der Waals surface area (Å²) in [6.45, 7) is 8.90. The van der Waals surface area contributed by atoms with Crippen LogP contribution in [0.2, 0.25) is 0 Å². The molecule has 4 amide bonds. The van der Waals surface area contributed by atoms with Crippen molar-refractivity contribution in [3.8, 4) is 11.6 Å². The summed E-state index contributed by atoms with van der Waals surface area (Å²) in [5.74, 6) is -1.94. The Kier molecular flexibility index (Phi) is 11.6. The van der Waals surface area contributed by atoms with Crippen molar-refractivity contribution < 1.29 is 46.5 Å². The third kappa shape index (κ3) is 8.90. The van der Waals surface area contributed by atoms with Gasteiger partial charge < -0.3 is 34.5 Å². The SMILES string of the molecule is COC[C@@H]1C[C@H](C)CC/C=C\[C@@H]2C[C@@]2(C(=O)NS(=O)(=O)C2(C)CC2)NC(=O)[C@@H]2C[C@@H](Oc3nccc4cc(OC)ccc34)CN2C(=O)[C@H]1NC(=O)OC(C)(C)C. The van der Waals surface area contributed by atoms with E-state index >= 15 is 0 Å². The molecule has 2 aliphatic heterocycles. The Labute approximate surface area is 328 Å². The molecule has 0 spiro atoms. The van der Waals surface area contributed by atoms with Crippen molar-refractivity contribution >= 4 is 44.6 Å². The summed E-state index contributed by atoms with van der Waals surface area (Å²) < 4.78 is 50.7. The van der Waals surface area contributed by atoms with Gasteiger partial charge in [-0.2, -0.15) is 0 Å². The fraction of sp³-hybridized carbons (Fsp3) is 0.625. The van der Waals surface area contributed by atoms with Crippen molar-refractivity contribution in [1.29, 1.82) is 0 Å². The van der Waals surface area contributed by atoms with E-state index in [0.717, 1.165) is 11.8 Å². The van der Waals surface area contributed by atoms with Crippen LogP contribution in [-0.4, -0.2) is 104 Å². The number of amides is 4. The van der Waals surface area contributed by atoms with E-state index in [1.807, 2.05) is 30.4 Å². The quantitative estimate of drug-likeness (QED) is 0.311. The number of carbonyl (C=O) groups excluding carboxylic acids is 4. The zero-order valence-electron chi connectivity index (χ0n) is 33.3. The lowest BCUT2D eigenvalue weighted by molar-refractivity contribution is -0.142. The fourth-order valence-corrected chi connectivity index (χ4v) is 9.04. The number of hydrogen-bond donors (Lipinski definition) is 3. The lowest BCUT2D eigenvalue weighted by Gasteiger charge is -2.34. The van der Waals surface area contributed by atoms with Crippen LogP contribution in [0, 0.1) is 17.8 Å². The summed E-state index contributed by atoms with van der Waals surface area (Å²) in [6.07, 6.45) is 6.82. The molecule has 1 aromatic heterocycles. The first-order chi connectivity index (χ1) is 26.4. The Bertz CT molecular complexity index is 1980. The zero-order chi connectivity index (χ0) is 40.6. The molecule has 2 aromatic rings. The van der Waals surface area contributed by atoms with Gasteiger partial charge in [-0.05, 0) is 102 Å². The van der Waals surface area contributed by atoms with Gasteiger partial charge in [0.05, 0.1) is 25.0 Å². The van der Waals surface area contributed by atoms with E-state index < -0.39 is 79.7 Å². The van der Waals surface area contributed by atoms with Crippen LogP contribution in [0.4, 0.5) is 4.79 Å². The van der Waals surface area contributed by atoms with Crippen molar-refractivity contribution in [3.63, 3.8) is 0 Å². The minimum Gasteiger partial charge on any atom is -0.497 e. The molecule has 0 unspecified atom stereocenters. The molecule has 3 fully saturated rings. The largest absolute Gasteiger partial charge is 0.497 e. The van der Waals surface area contributed by atoms with Gasteiger partial charge in [0, 0.05) is 36.9 Å². The Morgan fingerprint density at radius 2 is 1.86 bits per heavy atom. The Morgan fingerprint density at radius 3 is 2.54 bits per heavy atom. The minimum absolute atomic E-state index is 0.0187. The second-order valence-corrected chi connectivity index (χ2v) is 19.2. The highest BCUT2D eigenvalue weighted by atomic mass is 32.2. The van der Waals surface area contributed by atoms with Gasteiger partial charge in [0.2, 0.25) is 27.7 Å². The molecule has 3 heterocycles. The maximum Gasteiger partial charge on any atom is 0.408 e. The van der Waals surface area contributed by atoms with E-state index in [1.54, 1.807) is 47.1 Å². The molecular formula is C40H55N5O10S. The first-order valence-electron chi connectivity index (χ1n) is 19.3. The molecule has 1 saturated heterocycles. The van der Waals surface area contributed by atoms with E-state index in [-0.39, 0.29) is 31.9 Å². The normalized spacial score (nSPS) is 29.7. The van der Waals surface area contributed by atoms with Gasteiger partial charge in [-0.3, -0.25) is 19.1 Å². The molecule has 0 bridgehead atoms. The number of benzene rings is 1. The van der Waals surface area contributed by atoms with Crippen LogP contribution in [-0.2, 0) is 33.9 Å². The monoisotopic (exact) mass is 797 g/mol. The van der Waals surface area contributed by atoms with Gasteiger partial charge >= 0.3 is 6.09 Å². The summed E-state index contributed by atoms with van der Waals surface area (Å²) >= 11 is 0. The molecule has 2 saturated carbocycles. The van der Waals surface area contributed by atoms with E-state index in [2.05, 4.69) is 27.3 Å². The average molecular weight is 798 g/mol. The second-order valence-electron chi connectivity index (χ2n) is 17.0. The number of ether oxygens (including phenoxy) is 4. The van der Waals surface area contributed by atoms with Gasteiger partial charge in [-0.1, -0.05) is 19.1 Å². The van der Waals surface area contributed by atoms with Gasteiger partial charge in [0.25, 0.3) is 5.91 Å². The number of nitrogens with zero attached hydrogens (tertiary/aromatic N) is 2. The van der Waals surface area contributed by atoms with Crippen molar-refractivity contribution in [2.24, 2.45) is 17.8 Å². The third-order valence-electron chi connectivity index (χ3n) is 11.3. The number of hydrogen-bond acceptors (Lipinski definition) is 11. The van der Waals surface area contributed by atoms with Gasteiger partial charge in [-0.25, -0.2) is 18.2 Å². The molecule has 7 atom stereocenters. The molecule has 2 aliphatic carbocycles. The maximum absolute atomic E-state index is 15.0. The maximum atomic E-state index is 15.0. The number of rotatable bonds is 9. The van der Waals surface area contributed by atoms with Crippen LogP contribution >= 0.6 is 0 Å². The fourth-order valence-electron chi connectivity index (χ4n) is 7.73. The van der Waals surface area contributed by atoms with Crippen molar-refractivity contribution in [2.45, 2.75) is 114 Å². The van der Waals surface area contributed by atoms with Crippen LogP contribution in [0.1, 0.15) is 79.6 Å². The number of pyridine rings is 1. The van der Waals surface area contributed by atoms with Gasteiger partial charge in [0.1, 0.15) is 35.1 Å². The molecule has 16 heteroatoms. The predicted octanol–water partition coefficient (Wildman–Crippen LogP) is 4.00.